The average molecular weight is 434 g/mol. The molecule has 3 amide bonds. The first kappa shape index (κ1) is 20.6. The molecular weight excluding hydrogens is 414 g/mol. The number of para-hydroxylation sites is 2. The summed E-state index contributed by atoms with van der Waals surface area (Å²) in [5.41, 5.74) is 3.02. The first-order valence-electron chi connectivity index (χ1n) is 9.78. The van der Waals surface area contributed by atoms with Gasteiger partial charge in [0.1, 0.15) is 6.04 Å². The predicted octanol–water partition coefficient (Wildman–Crippen LogP) is 4.64. The molecule has 0 radical (unpaired) electrons. The second-order valence-corrected chi connectivity index (χ2v) is 7.76. The van der Waals surface area contributed by atoms with Crippen molar-refractivity contribution in [1.29, 1.82) is 0 Å². The molecule has 0 saturated carbocycles. The molecule has 0 spiro atoms. The molecule has 7 heteroatoms. The molecule has 2 N–H and O–H groups in total. The number of carbonyl (C=O) groups excluding carboxylic acids is 3. The van der Waals surface area contributed by atoms with E-state index in [9.17, 15) is 14.4 Å². The maximum atomic E-state index is 13.4. The van der Waals surface area contributed by atoms with Gasteiger partial charge in [-0.2, -0.15) is 0 Å². The van der Waals surface area contributed by atoms with Crippen LogP contribution in [0.3, 0.4) is 0 Å². The average Bonchev–Trinajstić information content (AvgIpc) is 2.75. The summed E-state index contributed by atoms with van der Waals surface area (Å²) in [6.07, 6.45) is -0.194. The van der Waals surface area contributed by atoms with Crippen molar-refractivity contribution in [2.45, 2.75) is 19.4 Å². The molecule has 1 aliphatic heterocycles. The van der Waals surface area contributed by atoms with E-state index in [2.05, 4.69) is 10.6 Å². The van der Waals surface area contributed by atoms with E-state index in [4.69, 9.17) is 11.6 Å². The first-order chi connectivity index (χ1) is 14.9. The number of amides is 3. The summed E-state index contributed by atoms with van der Waals surface area (Å²) in [5, 5.41) is 6.11. The molecule has 0 aliphatic carbocycles. The Balaban J connectivity index is 1.65. The minimum Gasteiger partial charge on any atom is -0.326 e. The zero-order valence-corrected chi connectivity index (χ0v) is 17.5. The summed E-state index contributed by atoms with van der Waals surface area (Å²) in [4.78, 5) is 40.5. The fourth-order valence-electron chi connectivity index (χ4n) is 3.56. The lowest BCUT2D eigenvalue weighted by Gasteiger charge is -2.36. The van der Waals surface area contributed by atoms with Gasteiger partial charge < -0.3 is 10.6 Å². The number of benzene rings is 3. The van der Waals surface area contributed by atoms with Crippen molar-refractivity contribution >= 4 is 46.4 Å². The number of fused-ring (bicyclic) bond motifs is 1. The van der Waals surface area contributed by atoms with Crippen LogP contribution < -0.4 is 15.5 Å². The third-order valence-electron chi connectivity index (χ3n) is 5.03. The molecule has 31 heavy (non-hydrogen) atoms. The molecule has 1 heterocycles. The molecule has 1 atom stereocenters. The van der Waals surface area contributed by atoms with Crippen molar-refractivity contribution in [1.82, 2.24) is 0 Å². The number of hydrogen-bond acceptors (Lipinski definition) is 3. The molecule has 6 nitrogen and oxygen atoms in total. The van der Waals surface area contributed by atoms with Crippen molar-refractivity contribution in [2.24, 2.45) is 0 Å². The van der Waals surface area contributed by atoms with Crippen LogP contribution in [-0.2, 0) is 9.59 Å². The molecule has 0 unspecified atom stereocenters. The van der Waals surface area contributed by atoms with Crippen molar-refractivity contribution in [3.63, 3.8) is 0 Å². The van der Waals surface area contributed by atoms with Gasteiger partial charge in [-0.25, -0.2) is 0 Å². The molecule has 4 rings (SSSR count). The van der Waals surface area contributed by atoms with Gasteiger partial charge in [0.2, 0.25) is 11.8 Å². The fourth-order valence-corrected chi connectivity index (χ4v) is 3.69. The lowest BCUT2D eigenvalue weighted by Crippen LogP contribution is -2.52. The van der Waals surface area contributed by atoms with E-state index in [1.54, 1.807) is 66.7 Å². The van der Waals surface area contributed by atoms with E-state index in [0.29, 0.717) is 27.6 Å². The van der Waals surface area contributed by atoms with Crippen LogP contribution in [0.5, 0.6) is 0 Å². The van der Waals surface area contributed by atoms with Crippen LogP contribution in [0.15, 0.2) is 72.8 Å². The summed E-state index contributed by atoms with van der Waals surface area (Å²) in [6, 6.07) is 19.9. The topological polar surface area (TPSA) is 78.5 Å². The van der Waals surface area contributed by atoms with E-state index in [-0.39, 0.29) is 18.2 Å². The molecule has 1 aliphatic rings. The van der Waals surface area contributed by atoms with Gasteiger partial charge in [-0.05, 0) is 55.5 Å². The highest BCUT2D eigenvalue weighted by Crippen LogP contribution is 2.34. The minimum absolute atomic E-state index is 0.194. The van der Waals surface area contributed by atoms with Crippen LogP contribution in [0.25, 0.3) is 0 Å². The molecule has 3 aromatic rings. The van der Waals surface area contributed by atoms with Crippen molar-refractivity contribution in [2.75, 3.05) is 15.5 Å². The van der Waals surface area contributed by atoms with Crippen LogP contribution in [-0.4, -0.2) is 23.8 Å². The summed E-state index contributed by atoms with van der Waals surface area (Å²) in [7, 11) is 0. The van der Waals surface area contributed by atoms with Crippen LogP contribution in [0.1, 0.15) is 22.3 Å². The van der Waals surface area contributed by atoms with Crippen molar-refractivity contribution in [3.05, 3.63) is 88.9 Å². The van der Waals surface area contributed by atoms with Crippen molar-refractivity contribution in [3.8, 4) is 0 Å². The number of nitrogens with one attached hydrogen (secondary N) is 2. The van der Waals surface area contributed by atoms with Gasteiger partial charge in [-0.15, -0.1) is 0 Å². The van der Waals surface area contributed by atoms with Crippen molar-refractivity contribution < 1.29 is 14.4 Å². The van der Waals surface area contributed by atoms with Gasteiger partial charge in [0.05, 0.1) is 17.8 Å². The Morgan fingerprint density at radius 1 is 1.03 bits per heavy atom. The van der Waals surface area contributed by atoms with Gasteiger partial charge in [-0.1, -0.05) is 41.4 Å². The molecule has 156 valence electrons. The van der Waals surface area contributed by atoms with E-state index in [1.807, 2.05) is 13.0 Å². The Morgan fingerprint density at radius 3 is 2.52 bits per heavy atom. The van der Waals surface area contributed by atoms with Crippen LogP contribution in [0.2, 0.25) is 5.02 Å². The second kappa shape index (κ2) is 8.62. The summed E-state index contributed by atoms with van der Waals surface area (Å²) in [5.74, 6) is -1.13. The molecule has 0 bridgehead atoms. The van der Waals surface area contributed by atoms with Gasteiger partial charge in [0.25, 0.3) is 5.91 Å². The van der Waals surface area contributed by atoms with Crippen LogP contribution >= 0.6 is 11.6 Å². The van der Waals surface area contributed by atoms with Crippen LogP contribution in [0.4, 0.5) is 17.1 Å². The zero-order valence-electron chi connectivity index (χ0n) is 16.8. The number of nitrogens with zero attached hydrogens (tertiary/aromatic N) is 1. The molecule has 3 aromatic carbocycles. The maximum Gasteiger partial charge on any atom is 0.259 e. The van der Waals surface area contributed by atoms with E-state index >= 15 is 0 Å². The number of halogens is 1. The van der Waals surface area contributed by atoms with Gasteiger partial charge in [0, 0.05) is 16.3 Å². The van der Waals surface area contributed by atoms with E-state index in [1.165, 1.54) is 4.90 Å². The highest BCUT2D eigenvalue weighted by atomic mass is 35.5. The smallest absolute Gasteiger partial charge is 0.259 e. The molecule has 0 aromatic heterocycles. The van der Waals surface area contributed by atoms with Gasteiger partial charge in [0.15, 0.2) is 0 Å². The Kier molecular flexibility index (Phi) is 5.73. The third kappa shape index (κ3) is 4.44. The zero-order chi connectivity index (χ0) is 22.0. The Labute approximate surface area is 184 Å². The largest absolute Gasteiger partial charge is 0.326 e. The second-order valence-electron chi connectivity index (χ2n) is 7.33. The molecular formula is C24H20ClN3O3. The highest BCUT2D eigenvalue weighted by Gasteiger charge is 2.38. The third-order valence-corrected chi connectivity index (χ3v) is 5.28. The van der Waals surface area contributed by atoms with Crippen LogP contribution in [0, 0.1) is 6.92 Å². The number of carbonyl (C=O) groups is 3. The van der Waals surface area contributed by atoms with E-state index < -0.39 is 11.9 Å². The Hall–Kier alpha value is -3.64. The number of anilines is 3. The minimum atomic E-state index is -0.991. The summed E-state index contributed by atoms with van der Waals surface area (Å²) >= 11 is 5.88. The predicted molar refractivity (Wildman–Crippen MR) is 122 cm³/mol. The fraction of sp³-hybridized carbons (Fsp3) is 0.125. The van der Waals surface area contributed by atoms with E-state index in [0.717, 1.165) is 5.56 Å². The lowest BCUT2D eigenvalue weighted by molar-refractivity contribution is -0.122. The Bertz CT molecular complexity index is 1160. The lowest BCUT2D eigenvalue weighted by atomic mass is 10.0. The summed E-state index contributed by atoms with van der Waals surface area (Å²) in [6.45, 7) is 1.89. The molecule has 0 saturated heterocycles. The standard InChI is InChI=1S/C24H20ClN3O3/c1-15-5-4-6-16(13-15)24(31)28-20-8-3-2-7-19(20)27-23(30)21(28)14-22(29)26-18-11-9-17(25)10-12-18/h2-13,21H,14H2,1H3,(H,26,29)(H,27,30)/t21-/m1/s1. The summed E-state index contributed by atoms with van der Waals surface area (Å²) < 4.78 is 0. The normalized spacial score (nSPS) is 15.1. The number of aryl methyl sites for hydroxylation is 1. The van der Waals surface area contributed by atoms with Gasteiger partial charge in [-0.3, -0.25) is 19.3 Å². The quantitative estimate of drug-likeness (QED) is 0.628. The number of rotatable bonds is 4. The first-order valence-corrected chi connectivity index (χ1v) is 10.2. The molecule has 0 fully saturated rings. The maximum absolute atomic E-state index is 13.4. The number of hydrogen-bond donors (Lipinski definition) is 2. The SMILES string of the molecule is Cc1cccc(C(=O)N2c3ccccc3NC(=O)[C@H]2CC(=O)Nc2ccc(Cl)cc2)c1. The highest BCUT2D eigenvalue weighted by molar-refractivity contribution is 6.30. The van der Waals surface area contributed by atoms with Gasteiger partial charge >= 0.3 is 0 Å². The Morgan fingerprint density at radius 2 is 1.77 bits per heavy atom. The monoisotopic (exact) mass is 433 g/mol.